The fraction of sp³-hybridized carbons (Fsp3) is 0.625. The molecule has 0 atom stereocenters. The van der Waals surface area contributed by atoms with Crippen LogP contribution in [0.15, 0.2) is 11.6 Å². The standard InChI is InChI=1S/C8H12N2O2S2/c1-14(11,12)10(7-2-3-7)6-8-9-4-5-13-8/h4-5,7H,2-3,6H2,1H3. The van der Waals surface area contributed by atoms with Gasteiger partial charge in [-0.1, -0.05) is 0 Å². The highest BCUT2D eigenvalue weighted by atomic mass is 32.2. The highest BCUT2D eigenvalue weighted by molar-refractivity contribution is 7.88. The average Bonchev–Trinajstić information content (AvgIpc) is 2.77. The molecule has 1 aliphatic rings. The maximum Gasteiger partial charge on any atom is 0.211 e. The molecule has 4 nitrogen and oxygen atoms in total. The third-order valence-corrected chi connectivity index (χ3v) is 4.20. The monoisotopic (exact) mass is 232 g/mol. The molecule has 1 aromatic heterocycles. The van der Waals surface area contributed by atoms with Crippen molar-refractivity contribution < 1.29 is 8.42 Å². The molecule has 0 aromatic carbocycles. The average molecular weight is 232 g/mol. The molecular weight excluding hydrogens is 220 g/mol. The summed E-state index contributed by atoms with van der Waals surface area (Å²) in [6.45, 7) is 0.432. The summed E-state index contributed by atoms with van der Waals surface area (Å²) in [5.74, 6) is 0. The third kappa shape index (κ3) is 2.31. The van der Waals surface area contributed by atoms with Crippen LogP contribution >= 0.6 is 11.3 Å². The molecule has 0 aliphatic heterocycles. The summed E-state index contributed by atoms with van der Waals surface area (Å²) >= 11 is 1.50. The van der Waals surface area contributed by atoms with Gasteiger partial charge in [0.15, 0.2) is 0 Å². The van der Waals surface area contributed by atoms with Gasteiger partial charge in [-0.25, -0.2) is 13.4 Å². The Hall–Kier alpha value is -0.460. The van der Waals surface area contributed by atoms with E-state index in [0.29, 0.717) is 6.54 Å². The number of hydrogen-bond donors (Lipinski definition) is 0. The zero-order valence-corrected chi connectivity index (χ0v) is 9.51. The molecule has 78 valence electrons. The third-order valence-electron chi connectivity index (χ3n) is 2.15. The second kappa shape index (κ2) is 3.60. The predicted molar refractivity (Wildman–Crippen MR) is 55.5 cm³/mol. The Morgan fingerprint density at radius 1 is 1.64 bits per heavy atom. The van der Waals surface area contributed by atoms with Crippen LogP contribution in [0.5, 0.6) is 0 Å². The second-order valence-electron chi connectivity index (χ2n) is 3.47. The first kappa shape index (κ1) is 10.1. The van der Waals surface area contributed by atoms with Crippen LogP contribution in [0.1, 0.15) is 17.8 Å². The Bertz CT molecular complexity index is 395. The molecule has 1 heterocycles. The number of sulfonamides is 1. The first-order valence-electron chi connectivity index (χ1n) is 4.42. The van der Waals surface area contributed by atoms with Crippen molar-refractivity contribution >= 4 is 21.4 Å². The Balaban J connectivity index is 2.13. The van der Waals surface area contributed by atoms with Crippen LogP contribution in [-0.2, 0) is 16.6 Å². The van der Waals surface area contributed by atoms with Crippen molar-refractivity contribution in [2.75, 3.05) is 6.26 Å². The molecule has 2 rings (SSSR count). The number of aromatic nitrogens is 1. The highest BCUT2D eigenvalue weighted by Gasteiger charge is 2.35. The predicted octanol–water partition coefficient (Wildman–Crippen LogP) is 1.07. The summed E-state index contributed by atoms with van der Waals surface area (Å²) in [5, 5.41) is 2.73. The van der Waals surface area contributed by atoms with Crippen molar-refractivity contribution in [3.05, 3.63) is 16.6 Å². The van der Waals surface area contributed by atoms with Crippen LogP contribution in [-0.4, -0.2) is 30.0 Å². The summed E-state index contributed by atoms with van der Waals surface area (Å²) in [6.07, 6.45) is 4.93. The van der Waals surface area contributed by atoms with Gasteiger partial charge in [-0.2, -0.15) is 4.31 Å². The van der Waals surface area contributed by atoms with Gasteiger partial charge in [0.25, 0.3) is 0 Å². The zero-order valence-electron chi connectivity index (χ0n) is 7.88. The lowest BCUT2D eigenvalue weighted by Gasteiger charge is -2.17. The largest absolute Gasteiger partial charge is 0.248 e. The lowest BCUT2D eigenvalue weighted by Crippen LogP contribution is -2.31. The summed E-state index contributed by atoms with van der Waals surface area (Å²) in [4.78, 5) is 4.09. The van der Waals surface area contributed by atoms with Gasteiger partial charge >= 0.3 is 0 Å². The van der Waals surface area contributed by atoms with E-state index in [0.717, 1.165) is 17.8 Å². The molecule has 6 heteroatoms. The summed E-state index contributed by atoms with van der Waals surface area (Å²) in [6, 6.07) is 0.217. The van der Waals surface area contributed by atoms with Gasteiger partial charge < -0.3 is 0 Å². The van der Waals surface area contributed by atoms with Crippen molar-refractivity contribution in [1.29, 1.82) is 0 Å². The Morgan fingerprint density at radius 3 is 2.79 bits per heavy atom. The molecule has 1 saturated carbocycles. The minimum atomic E-state index is -3.08. The van der Waals surface area contributed by atoms with Gasteiger partial charge in [0, 0.05) is 17.6 Å². The fourth-order valence-corrected chi connectivity index (χ4v) is 3.15. The number of hydrogen-bond acceptors (Lipinski definition) is 4. The molecule has 1 aliphatic carbocycles. The maximum absolute atomic E-state index is 11.4. The quantitative estimate of drug-likeness (QED) is 0.780. The van der Waals surface area contributed by atoms with Gasteiger partial charge in [0.05, 0.1) is 12.8 Å². The van der Waals surface area contributed by atoms with E-state index in [1.165, 1.54) is 17.6 Å². The minimum absolute atomic E-state index is 0.217. The van der Waals surface area contributed by atoms with Crippen LogP contribution in [0.3, 0.4) is 0 Å². The van der Waals surface area contributed by atoms with Crippen LogP contribution in [0.25, 0.3) is 0 Å². The smallest absolute Gasteiger partial charge is 0.211 e. The van der Waals surface area contributed by atoms with E-state index in [1.54, 1.807) is 10.5 Å². The highest BCUT2D eigenvalue weighted by Crippen LogP contribution is 2.30. The molecule has 0 spiro atoms. The number of nitrogens with zero attached hydrogens (tertiary/aromatic N) is 2. The van der Waals surface area contributed by atoms with E-state index in [9.17, 15) is 8.42 Å². The lowest BCUT2D eigenvalue weighted by molar-refractivity contribution is 0.402. The van der Waals surface area contributed by atoms with E-state index >= 15 is 0 Å². The van der Waals surface area contributed by atoms with Crippen LogP contribution < -0.4 is 0 Å². The summed E-state index contributed by atoms with van der Waals surface area (Å²) in [5.41, 5.74) is 0. The molecule has 1 aromatic rings. The van der Waals surface area contributed by atoms with Gasteiger partial charge in [-0.15, -0.1) is 11.3 Å². The number of rotatable bonds is 4. The van der Waals surface area contributed by atoms with Crippen molar-refractivity contribution in [2.45, 2.75) is 25.4 Å². The molecule has 0 amide bonds. The van der Waals surface area contributed by atoms with Gasteiger partial charge in [0.2, 0.25) is 10.0 Å². The molecule has 1 fully saturated rings. The van der Waals surface area contributed by atoms with E-state index in [2.05, 4.69) is 4.98 Å². The van der Waals surface area contributed by atoms with Gasteiger partial charge in [0.1, 0.15) is 5.01 Å². The molecule has 14 heavy (non-hydrogen) atoms. The Labute approximate surface area is 87.6 Å². The summed E-state index contributed by atoms with van der Waals surface area (Å²) in [7, 11) is -3.08. The molecule has 0 unspecified atom stereocenters. The first-order valence-corrected chi connectivity index (χ1v) is 7.15. The lowest BCUT2D eigenvalue weighted by atomic mass is 10.6. The molecule has 0 radical (unpaired) electrons. The van der Waals surface area contributed by atoms with Crippen molar-refractivity contribution in [3.8, 4) is 0 Å². The maximum atomic E-state index is 11.4. The minimum Gasteiger partial charge on any atom is -0.248 e. The number of thiazole rings is 1. The van der Waals surface area contributed by atoms with Gasteiger partial charge in [-0.3, -0.25) is 0 Å². The fourth-order valence-electron chi connectivity index (χ4n) is 1.34. The molecule has 0 saturated heterocycles. The van der Waals surface area contributed by atoms with E-state index < -0.39 is 10.0 Å². The van der Waals surface area contributed by atoms with E-state index in [1.807, 2.05) is 5.38 Å². The van der Waals surface area contributed by atoms with E-state index in [4.69, 9.17) is 0 Å². The SMILES string of the molecule is CS(=O)(=O)N(Cc1nccs1)C1CC1. The van der Waals surface area contributed by atoms with Crippen molar-refractivity contribution in [2.24, 2.45) is 0 Å². The van der Waals surface area contributed by atoms with Gasteiger partial charge in [-0.05, 0) is 12.8 Å². The molecule has 0 N–H and O–H groups in total. The Morgan fingerprint density at radius 2 is 2.36 bits per heavy atom. The Kier molecular flexibility index (Phi) is 2.59. The normalized spacial score (nSPS) is 17.6. The van der Waals surface area contributed by atoms with E-state index in [-0.39, 0.29) is 6.04 Å². The molecule has 0 bridgehead atoms. The summed E-state index contributed by atoms with van der Waals surface area (Å²) < 4.78 is 24.4. The van der Waals surface area contributed by atoms with Crippen LogP contribution in [0.4, 0.5) is 0 Å². The molecular formula is C8H12N2O2S2. The van der Waals surface area contributed by atoms with Crippen molar-refractivity contribution in [3.63, 3.8) is 0 Å². The first-order chi connectivity index (χ1) is 6.57. The zero-order chi connectivity index (χ0) is 10.2. The van der Waals surface area contributed by atoms with Crippen molar-refractivity contribution in [1.82, 2.24) is 9.29 Å². The van der Waals surface area contributed by atoms with Crippen LogP contribution in [0.2, 0.25) is 0 Å². The topological polar surface area (TPSA) is 50.3 Å². The van der Waals surface area contributed by atoms with Crippen LogP contribution in [0, 0.1) is 0 Å². The second-order valence-corrected chi connectivity index (χ2v) is 6.38.